The standard InChI is InChI=1S/C35H52F3N3O6Si/c1-24(41(32(43)47-33(2,3)4)17-18-44-28-12-10-11-13-29(28)45-23-35(36,37)38)20-25-21-26-14-15-40(30(26)27(22-25)31(39)42)16-19-46-48(8,9)34(5,6)7/h10-13,21-22,24H,14-20,23H2,1-9H3,(H2,39,42). The van der Waals surface area contributed by atoms with Gasteiger partial charge in [-0.2, -0.15) is 13.2 Å². The maximum absolute atomic E-state index is 13.4. The predicted octanol–water partition coefficient (Wildman–Crippen LogP) is 7.36. The highest BCUT2D eigenvalue weighted by Crippen LogP contribution is 2.37. The molecule has 1 heterocycles. The van der Waals surface area contributed by atoms with Crippen molar-refractivity contribution in [2.45, 2.75) is 97.3 Å². The number of carbonyl (C=O) groups is 2. The molecule has 2 aromatic carbocycles. The largest absolute Gasteiger partial charge is 0.488 e. The lowest BCUT2D eigenvalue weighted by molar-refractivity contribution is -0.153. The Balaban J connectivity index is 1.77. The van der Waals surface area contributed by atoms with E-state index >= 15 is 0 Å². The number of nitrogens with two attached hydrogens (primary N) is 1. The van der Waals surface area contributed by atoms with Gasteiger partial charge in [0.2, 0.25) is 0 Å². The first kappa shape index (κ1) is 39.0. The first-order valence-corrected chi connectivity index (χ1v) is 19.2. The average molecular weight is 696 g/mol. The molecule has 2 amide bonds. The van der Waals surface area contributed by atoms with E-state index in [1.54, 1.807) is 39.0 Å². The zero-order valence-corrected chi connectivity index (χ0v) is 30.8. The molecule has 0 saturated carbocycles. The number of benzene rings is 2. The van der Waals surface area contributed by atoms with Crippen LogP contribution >= 0.6 is 0 Å². The smallest absolute Gasteiger partial charge is 0.422 e. The highest BCUT2D eigenvalue weighted by molar-refractivity contribution is 6.74. The summed E-state index contributed by atoms with van der Waals surface area (Å²) in [6, 6.07) is 9.53. The lowest BCUT2D eigenvalue weighted by Crippen LogP contribution is -2.45. The minimum absolute atomic E-state index is 0.0292. The monoisotopic (exact) mass is 695 g/mol. The van der Waals surface area contributed by atoms with Gasteiger partial charge < -0.3 is 34.2 Å². The van der Waals surface area contributed by atoms with E-state index in [4.69, 9.17) is 24.4 Å². The molecule has 1 atom stereocenters. The molecule has 0 spiro atoms. The van der Waals surface area contributed by atoms with Crippen LogP contribution in [0.1, 0.15) is 70.0 Å². The number of fused-ring (bicyclic) bond motifs is 1. The van der Waals surface area contributed by atoms with E-state index in [-0.39, 0.29) is 29.7 Å². The third-order valence-electron chi connectivity index (χ3n) is 8.63. The predicted molar refractivity (Wildman–Crippen MR) is 184 cm³/mol. The Morgan fingerprint density at radius 3 is 2.19 bits per heavy atom. The fraction of sp³-hybridized carbons (Fsp3) is 0.600. The fourth-order valence-corrected chi connectivity index (χ4v) is 6.25. The number of nitrogens with zero attached hydrogens (tertiary/aromatic N) is 2. The molecule has 48 heavy (non-hydrogen) atoms. The van der Waals surface area contributed by atoms with Crippen LogP contribution in [0.5, 0.6) is 11.5 Å². The van der Waals surface area contributed by atoms with Crippen molar-refractivity contribution in [3.05, 3.63) is 53.1 Å². The molecular weight excluding hydrogens is 643 g/mol. The van der Waals surface area contributed by atoms with Crippen molar-refractivity contribution >= 4 is 26.0 Å². The zero-order valence-electron chi connectivity index (χ0n) is 29.8. The van der Waals surface area contributed by atoms with Crippen LogP contribution in [0.15, 0.2) is 36.4 Å². The normalized spacial score (nSPS) is 14.4. The maximum atomic E-state index is 13.4. The van der Waals surface area contributed by atoms with E-state index in [1.165, 1.54) is 17.0 Å². The van der Waals surface area contributed by atoms with E-state index in [1.807, 2.05) is 6.92 Å². The van der Waals surface area contributed by atoms with Gasteiger partial charge in [0.1, 0.15) is 12.2 Å². The van der Waals surface area contributed by atoms with E-state index in [0.29, 0.717) is 25.1 Å². The molecule has 0 fully saturated rings. The van der Waals surface area contributed by atoms with Crippen molar-refractivity contribution in [3.8, 4) is 11.5 Å². The molecular formula is C35H52F3N3O6Si. The topological polar surface area (TPSA) is 104 Å². The molecule has 268 valence electrons. The molecule has 9 nitrogen and oxygen atoms in total. The van der Waals surface area contributed by atoms with Crippen LogP contribution in [0.4, 0.5) is 23.7 Å². The van der Waals surface area contributed by atoms with E-state index in [0.717, 1.165) is 29.8 Å². The van der Waals surface area contributed by atoms with Gasteiger partial charge in [0, 0.05) is 19.1 Å². The van der Waals surface area contributed by atoms with Gasteiger partial charge >= 0.3 is 12.3 Å². The third kappa shape index (κ3) is 11.0. The van der Waals surface area contributed by atoms with Crippen LogP contribution in [0, 0.1) is 0 Å². The van der Waals surface area contributed by atoms with Crippen molar-refractivity contribution in [3.63, 3.8) is 0 Å². The van der Waals surface area contributed by atoms with Gasteiger partial charge in [-0.25, -0.2) is 4.79 Å². The van der Waals surface area contributed by atoms with Crippen LogP contribution < -0.4 is 20.1 Å². The SMILES string of the molecule is CC(Cc1cc2c(c(C(N)=O)c1)N(CCO[Si](C)(C)C(C)(C)C)CC2)N(CCOc1ccccc1OCC(F)(F)F)C(=O)OC(C)(C)C. The van der Waals surface area contributed by atoms with E-state index in [2.05, 4.69) is 44.8 Å². The highest BCUT2D eigenvalue weighted by Gasteiger charge is 2.37. The van der Waals surface area contributed by atoms with Crippen LogP contribution in [0.2, 0.25) is 18.1 Å². The Labute approximate surface area is 284 Å². The Morgan fingerprint density at radius 2 is 1.62 bits per heavy atom. The molecule has 1 aliphatic rings. The summed E-state index contributed by atoms with van der Waals surface area (Å²) in [4.78, 5) is 29.8. The van der Waals surface area contributed by atoms with Gasteiger partial charge in [0.05, 0.1) is 24.4 Å². The summed E-state index contributed by atoms with van der Waals surface area (Å²) in [5.41, 5.74) is 8.26. The second-order valence-corrected chi connectivity index (χ2v) is 19.6. The number of hydrogen-bond acceptors (Lipinski definition) is 7. The second-order valence-electron chi connectivity index (χ2n) is 14.8. The van der Waals surface area contributed by atoms with Gasteiger partial charge in [0.25, 0.3) is 5.91 Å². The van der Waals surface area contributed by atoms with E-state index < -0.39 is 44.7 Å². The molecule has 0 aliphatic carbocycles. The molecule has 0 aromatic heterocycles. The summed E-state index contributed by atoms with van der Waals surface area (Å²) in [6.07, 6.45) is -3.92. The Morgan fingerprint density at radius 1 is 1.00 bits per heavy atom. The summed E-state index contributed by atoms with van der Waals surface area (Å²) in [6.45, 7) is 18.7. The van der Waals surface area contributed by atoms with Crippen LogP contribution in [0.3, 0.4) is 0 Å². The summed E-state index contributed by atoms with van der Waals surface area (Å²) in [5.74, 6) is -0.450. The Kier molecular flexibility index (Phi) is 12.5. The molecule has 0 saturated heterocycles. The van der Waals surface area contributed by atoms with Gasteiger partial charge in [-0.05, 0) is 88.0 Å². The Hall–Kier alpha value is -3.45. The minimum atomic E-state index is -4.50. The van der Waals surface area contributed by atoms with Crippen LogP contribution in [-0.4, -0.2) is 82.5 Å². The van der Waals surface area contributed by atoms with Gasteiger partial charge in [0.15, 0.2) is 26.4 Å². The number of ether oxygens (including phenoxy) is 3. The second kappa shape index (κ2) is 15.4. The van der Waals surface area contributed by atoms with Gasteiger partial charge in [-0.15, -0.1) is 0 Å². The number of para-hydroxylation sites is 2. The number of halogens is 3. The molecule has 1 unspecified atom stereocenters. The molecule has 3 rings (SSSR count). The summed E-state index contributed by atoms with van der Waals surface area (Å²) in [7, 11) is -1.93. The number of primary amides is 1. The molecule has 0 radical (unpaired) electrons. The quantitative estimate of drug-likeness (QED) is 0.206. The van der Waals surface area contributed by atoms with Gasteiger partial charge in [-0.1, -0.05) is 39.0 Å². The molecule has 2 aromatic rings. The van der Waals surface area contributed by atoms with E-state index in [9.17, 15) is 22.8 Å². The summed E-state index contributed by atoms with van der Waals surface area (Å²) in [5, 5.41) is 0.0920. The number of hydrogen-bond donors (Lipinski definition) is 1. The molecule has 1 aliphatic heterocycles. The van der Waals surface area contributed by atoms with Crippen molar-refractivity contribution in [2.24, 2.45) is 5.73 Å². The van der Waals surface area contributed by atoms with Crippen molar-refractivity contribution in [2.75, 3.05) is 44.4 Å². The number of alkyl halides is 3. The Bertz CT molecular complexity index is 1420. The van der Waals surface area contributed by atoms with Crippen molar-refractivity contribution < 1.29 is 41.4 Å². The first-order valence-electron chi connectivity index (χ1n) is 16.3. The average Bonchev–Trinajstić information content (AvgIpc) is 3.34. The van der Waals surface area contributed by atoms with Gasteiger partial charge in [-0.3, -0.25) is 4.79 Å². The number of carbonyl (C=O) groups excluding carboxylic acids is 2. The zero-order chi connectivity index (χ0) is 36.1. The van der Waals surface area contributed by atoms with Crippen LogP contribution in [-0.2, 0) is 22.0 Å². The lowest BCUT2D eigenvalue weighted by Gasteiger charge is -2.36. The first-order chi connectivity index (χ1) is 22.1. The molecule has 2 N–H and O–H groups in total. The number of rotatable bonds is 14. The number of anilines is 1. The lowest BCUT2D eigenvalue weighted by atomic mass is 9.97. The molecule has 0 bridgehead atoms. The molecule has 13 heteroatoms. The number of amides is 2. The summed E-state index contributed by atoms with van der Waals surface area (Å²) >= 11 is 0. The summed E-state index contributed by atoms with van der Waals surface area (Å²) < 4.78 is 61.0. The van der Waals surface area contributed by atoms with Crippen LogP contribution in [0.25, 0.3) is 0 Å². The maximum Gasteiger partial charge on any atom is 0.422 e. The minimum Gasteiger partial charge on any atom is -0.488 e. The fourth-order valence-electron chi connectivity index (χ4n) is 5.21. The van der Waals surface area contributed by atoms with Crippen molar-refractivity contribution in [1.82, 2.24) is 4.90 Å². The van der Waals surface area contributed by atoms with Crippen molar-refractivity contribution in [1.29, 1.82) is 0 Å². The third-order valence-corrected chi connectivity index (χ3v) is 13.2. The highest BCUT2D eigenvalue weighted by atomic mass is 28.4.